The van der Waals surface area contributed by atoms with Crippen LogP contribution in [0.25, 0.3) is 0 Å². The number of nitrogens with one attached hydrogen (secondary N) is 1. The lowest BCUT2D eigenvalue weighted by molar-refractivity contribution is -0.122. The van der Waals surface area contributed by atoms with Gasteiger partial charge >= 0.3 is 0 Å². The summed E-state index contributed by atoms with van der Waals surface area (Å²) in [6, 6.07) is 8.48. The Labute approximate surface area is 111 Å². The number of Topliss-reactive ketones (excluding diaryl/α,β-unsaturated/α-hetero) is 1. The van der Waals surface area contributed by atoms with Gasteiger partial charge in [0.15, 0.2) is 0 Å². The number of hydrogen-bond donors (Lipinski definition) is 1. The van der Waals surface area contributed by atoms with E-state index < -0.39 is 0 Å². The number of carbonyl (C=O) groups is 1. The fraction of sp³-hybridized carbons (Fsp3) is 0.562. The van der Waals surface area contributed by atoms with Gasteiger partial charge in [0.2, 0.25) is 0 Å². The van der Waals surface area contributed by atoms with E-state index in [2.05, 4.69) is 50.4 Å². The van der Waals surface area contributed by atoms with Crippen LogP contribution in [0.1, 0.15) is 31.4 Å². The zero-order valence-corrected chi connectivity index (χ0v) is 12.0. The van der Waals surface area contributed by atoms with Gasteiger partial charge in [-0.1, -0.05) is 49.2 Å². The molecule has 0 saturated carbocycles. The minimum Gasteiger partial charge on any atom is -0.316 e. The molecule has 1 aliphatic rings. The van der Waals surface area contributed by atoms with E-state index in [9.17, 15) is 4.79 Å². The molecule has 0 aromatic heterocycles. The molecule has 1 aromatic carbocycles. The molecule has 1 aromatic rings. The van der Waals surface area contributed by atoms with Crippen LogP contribution < -0.4 is 5.32 Å². The third-order valence-corrected chi connectivity index (χ3v) is 3.50. The highest BCUT2D eigenvalue weighted by Crippen LogP contribution is 2.17. The molecule has 0 spiro atoms. The Balaban J connectivity index is 0.000000184. The molecule has 0 bridgehead atoms. The van der Waals surface area contributed by atoms with Gasteiger partial charge < -0.3 is 5.32 Å². The van der Waals surface area contributed by atoms with Gasteiger partial charge in [-0.3, -0.25) is 4.79 Å². The molecule has 2 rings (SSSR count). The summed E-state index contributed by atoms with van der Waals surface area (Å²) >= 11 is 0. The molecule has 0 amide bonds. The molecule has 2 atom stereocenters. The summed E-state index contributed by atoms with van der Waals surface area (Å²) < 4.78 is 0. The van der Waals surface area contributed by atoms with E-state index in [1.165, 1.54) is 11.1 Å². The fourth-order valence-corrected chi connectivity index (χ4v) is 2.14. The van der Waals surface area contributed by atoms with Crippen LogP contribution in [0.2, 0.25) is 0 Å². The normalized spacial score (nSPS) is 22.2. The van der Waals surface area contributed by atoms with Crippen LogP contribution in [-0.4, -0.2) is 18.9 Å². The Bertz CT molecular complexity index is 348. The largest absolute Gasteiger partial charge is 0.316 e. The number of rotatable bonds is 2. The van der Waals surface area contributed by atoms with Gasteiger partial charge in [-0.05, 0) is 26.3 Å². The summed E-state index contributed by atoms with van der Waals surface area (Å²) in [5.41, 5.74) is 2.66. The number of carbonyl (C=O) groups excluding carboxylic acids is 1. The maximum atomic E-state index is 11.2. The molecule has 0 aliphatic carbocycles. The highest BCUT2D eigenvalue weighted by Gasteiger charge is 2.27. The predicted octanol–water partition coefficient (Wildman–Crippen LogP) is 3.12. The van der Waals surface area contributed by atoms with Crippen LogP contribution >= 0.6 is 0 Å². The molecule has 1 N–H and O–H groups in total. The number of aryl methyl sites for hydroxylation is 2. The van der Waals surface area contributed by atoms with Crippen LogP contribution in [-0.2, 0) is 4.79 Å². The zero-order valence-electron chi connectivity index (χ0n) is 12.0. The van der Waals surface area contributed by atoms with Crippen molar-refractivity contribution in [2.45, 2.75) is 34.1 Å². The van der Waals surface area contributed by atoms with Crippen molar-refractivity contribution in [3.8, 4) is 0 Å². The molecule has 1 heterocycles. The Morgan fingerprint density at radius 2 is 1.67 bits per heavy atom. The molecule has 100 valence electrons. The smallest absolute Gasteiger partial charge is 0.137 e. The highest BCUT2D eigenvalue weighted by molar-refractivity contribution is 5.81. The van der Waals surface area contributed by atoms with Crippen LogP contribution in [0, 0.1) is 25.7 Å². The van der Waals surface area contributed by atoms with Crippen LogP contribution in [0.5, 0.6) is 0 Å². The summed E-state index contributed by atoms with van der Waals surface area (Å²) in [7, 11) is 0. The molecule has 2 heteroatoms. The predicted molar refractivity (Wildman–Crippen MR) is 76.7 cm³/mol. The molecule has 1 aliphatic heterocycles. The van der Waals surface area contributed by atoms with Gasteiger partial charge in [-0.2, -0.15) is 0 Å². The second-order valence-electron chi connectivity index (χ2n) is 5.22. The standard InChI is InChI=1S/C8H15NO.C8H10/c1-3-8(10)7-5-9-4-6(7)2;1-7-3-5-8(2)6-4-7/h6-7,9H,3-5H2,1-2H3;3-6H,1-2H3. The average Bonchev–Trinajstić information content (AvgIpc) is 2.79. The summed E-state index contributed by atoms with van der Waals surface area (Å²) in [5, 5.41) is 3.22. The van der Waals surface area contributed by atoms with Gasteiger partial charge in [-0.15, -0.1) is 0 Å². The Kier molecular flexibility index (Phi) is 6.06. The summed E-state index contributed by atoms with van der Waals surface area (Å²) in [5.74, 6) is 1.26. The molecular formula is C16H25NO. The monoisotopic (exact) mass is 247 g/mol. The van der Waals surface area contributed by atoms with Crippen molar-refractivity contribution in [2.24, 2.45) is 11.8 Å². The SMILES string of the molecule is CCC(=O)C1CNCC1C.Cc1ccc(C)cc1. The van der Waals surface area contributed by atoms with Gasteiger partial charge in [0, 0.05) is 18.9 Å². The molecule has 0 radical (unpaired) electrons. The maximum absolute atomic E-state index is 11.2. The van der Waals surface area contributed by atoms with Crippen molar-refractivity contribution in [1.29, 1.82) is 0 Å². The average molecular weight is 247 g/mol. The fourth-order valence-electron chi connectivity index (χ4n) is 2.14. The van der Waals surface area contributed by atoms with Crippen molar-refractivity contribution in [3.63, 3.8) is 0 Å². The highest BCUT2D eigenvalue weighted by atomic mass is 16.1. The van der Waals surface area contributed by atoms with Crippen molar-refractivity contribution >= 4 is 5.78 Å². The summed E-state index contributed by atoms with van der Waals surface area (Å²) in [6.45, 7) is 10.2. The van der Waals surface area contributed by atoms with E-state index in [0.29, 0.717) is 24.0 Å². The molecule has 2 unspecified atom stereocenters. The van der Waals surface area contributed by atoms with E-state index in [1.54, 1.807) is 0 Å². The third kappa shape index (κ3) is 4.61. The third-order valence-electron chi connectivity index (χ3n) is 3.50. The number of ketones is 1. The lowest BCUT2D eigenvalue weighted by Crippen LogP contribution is -2.20. The molecular weight excluding hydrogens is 222 g/mol. The van der Waals surface area contributed by atoms with Gasteiger partial charge in [0.05, 0.1) is 0 Å². The quantitative estimate of drug-likeness (QED) is 0.870. The second-order valence-corrected chi connectivity index (χ2v) is 5.22. The van der Waals surface area contributed by atoms with E-state index in [0.717, 1.165) is 13.1 Å². The van der Waals surface area contributed by atoms with Gasteiger partial charge in [-0.25, -0.2) is 0 Å². The van der Waals surface area contributed by atoms with Gasteiger partial charge in [0.1, 0.15) is 5.78 Å². The molecule has 18 heavy (non-hydrogen) atoms. The van der Waals surface area contributed by atoms with E-state index in [4.69, 9.17) is 0 Å². The Morgan fingerprint density at radius 1 is 1.17 bits per heavy atom. The minimum atomic E-state index is 0.296. The summed E-state index contributed by atoms with van der Waals surface area (Å²) in [6.07, 6.45) is 0.691. The van der Waals surface area contributed by atoms with Crippen LogP contribution in [0.15, 0.2) is 24.3 Å². The molecule has 2 nitrogen and oxygen atoms in total. The first-order valence-electron chi connectivity index (χ1n) is 6.81. The van der Waals surface area contributed by atoms with Crippen molar-refractivity contribution in [2.75, 3.05) is 13.1 Å². The lowest BCUT2D eigenvalue weighted by atomic mass is 9.92. The summed E-state index contributed by atoms with van der Waals surface area (Å²) in [4.78, 5) is 11.2. The molecule has 1 saturated heterocycles. The maximum Gasteiger partial charge on any atom is 0.137 e. The Hall–Kier alpha value is -1.15. The van der Waals surface area contributed by atoms with Crippen molar-refractivity contribution < 1.29 is 4.79 Å². The van der Waals surface area contributed by atoms with E-state index in [-0.39, 0.29) is 0 Å². The second kappa shape index (κ2) is 7.32. The van der Waals surface area contributed by atoms with Crippen molar-refractivity contribution in [1.82, 2.24) is 5.32 Å². The number of hydrogen-bond acceptors (Lipinski definition) is 2. The number of benzene rings is 1. The lowest BCUT2D eigenvalue weighted by Gasteiger charge is -2.10. The van der Waals surface area contributed by atoms with Crippen molar-refractivity contribution in [3.05, 3.63) is 35.4 Å². The first-order valence-corrected chi connectivity index (χ1v) is 6.81. The van der Waals surface area contributed by atoms with E-state index >= 15 is 0 Å². The van der Waals surface area contributed by atoms with Gasteiger partial charge in [0.25, 0.3) is 0 Å². The zero-order chi connectivity index (χ0) is 13.5. The Morgan fingerprint density at radius 3 is 2.00 bits per heavy atom. The first kappa shape index (κ1) is 14.9. The molecule has 1 fully saturated rings. The van der Waals surface area contributed by atoms with E-state index in [1.807, 2.05) is 6.92 Å². The van der Waals surface area contributed by atoms with Crippen LogP contribution in [0.4, 0.5) is 0 Å². The van der Waals surface area contributed by atoms with Crippen LogP contribution in [0.3, 0.4) is 0 Å². The topological polar surface area (TPSA) is 29.1 Å². The minimum absolute atomic E-state index is 0.296. The first-order chi connectivity index (χ1) is 8.54.